The van der Waals surface area contributed by atoms with Gasteiger partial charge in [-0.3, -0.25) is 0 Å². The second kappa shape index (κ2) is 6.82. The highest BCUT2D eigenvalue weighted by molar-refractivity contribution is 7.11. The molecule has 5 heteroatoms. The van der Waals surface area contributed by atoms with Crippen molar-refractivity contribution in [2.24, 2.45) is 5.92 Å². The molecule has 4 nitrogen and oxygen atoms in total. The summed E-state index contributed by atoms with van der Waals surface area (Å²) in [6.45, 7) is 9.14. The van der Waals surface area contributed by atoms with Crippen molar-refractivity contribution in [3.8, 4) is 0 Å². The first kappa shape index (κ1) is 14.2. The molecule has 0 unspecified atom stereocenters. The smallest absolute Gasteiger partial charge is 0.164 e. The highest BCUT2D eigenvalue weighted by atomic mass is 32.1. The maximum atomic E-state index is 4.49. The van der Waals surface area contributed by atoms with Crippen LogP contribution < -0.4 is 5.32 Å². The van der Waals surface area contributed by atoms with Gasteiger partial charge in [-0.25, -0.2) is 9.67 Å². The van der Waals surface area contributed by atoms with E-state index in [4.69, 9.17) is 0 Å². The van der Waals surface area contributed by atoms with Crippen LogP contribution >= 0.6 is 11.3 Å². The predicted molar refractivity (Wildman–Crippen MR) is 79.4 cm³/mol. The van der Waals surface area contributed by atoms with Gasteiger partial charge in [0.15, 0.2) is 5.82 Å². The fraction of sp³-hybridized carbons (Fsp3) is 0.571. The fourth-order valence-corrected chi connectivity index (χ4v) is 2.77. The number of aromatic nitrogens is 3. The first-order valence-corrected chi connectivity index (χ1v) is 7.65. The van der Waals surface area contributed by atoms with E-state index in [9.17, 15) is 0 Å². The largest absolute Gasteiger partial charge is 0.310 e. The Kier molecular flexibility index (Phi) is 5.10. The number of hydrogen-bond acceptors (Lipinski definition) is 4. The average molecular weight is 278 g/mol. The minimum Gasteiger partial charge on any atom is -0.310 e. The van der Waals surface area contributed by atoms with Crippen LogP contribution in [0.5, 0.6) is 0 Å². The normalized spacial score (nSPS) is 11.4. The van der Waals surface area contributed by atoms with Crippen molar-refractivity contribution in [2.75, 3.05) is 6.54 Å². The Morgan fingerprint density at radius 2 is 2.11 bits per heavy atom. The van der Waals surface area contributed by atoms with Crippen molar-refractivity contribution < 1.29 is 0 Å². The summed E-state index contributed by atoms with van der Waals surface area (Å²) in [7, 11) is 0. The SMILES string of the molecule is CCc1ccc(Cn2cnc(CNCC(C)C)n2)s1. The second-order valence-electron chi connectivity index (χ2n) is 5.10. The Hall–Kier alpha value is -1.20. The minimum atomic E-state index is 0.653. The molecule has 0 saturated carbocycles. The predicted octanol–water partition coefficient (Wildman–Crippen LogP) is 2.70. The molecule has 19 heavy (non-hydrogen) atoms. The van der Waals surface area contributed by atoms with Gasteiger partial charge >= 0.3 is 0 Å². The molecular formula is C14H22N4S. The minimum absolute atomic E-state index is 0.653. The van der Waals surface area contributed by atoms with E-state index >= 15 is 0 Å². The van der Waals surface area contributed by atoms with Crippen LogP contribution in [0, 0.1) is 5.92 Å². The molecule has 2 aromatic rings. The van der Waals surface area contributed by atoms with Gasteiger partial charge in [-0.05, 0) is 31.0 Å². The van der Waals surface area contributed by atoms with Crippen molar-refractivity contribution in [3.63, 3.8) is 0 Å². The van der Waals surface area contributed by atoms with Crippen LogP contribution in [0.25, 0.3) is 0 Å². The van der Waals surface area contributed by atoms with Crippen molar-refractivity contribution in [1.29, 1.82) is 0 Å². The van der Waals surface area contributed by atoms with E-state index in [-0.39, 0.29) is 0 Å². The number of thiophene rings is 1. The molecule has 0 bridgehead atoms. The molecule has 0 aliphatic rings. The van der Waals surface area contributed by atoms with Crippen LogP contribution in [0.15, 0.2) is 18.5 Å². The topological polar surface area (TPSA) is 42.7 Å². The van der Waals surface area contributed by atoms with E-state index in [1.54, 1.807) is 0 Å². The lowest BCUT2D eigenvalue weighted by Crippen LogP contribution is -2.19. The second-order valence-corrected chi connectivity index (χ2v) is 6.36. The standard InChI is InChI=1S/C14H22N4S/c1-4-12-5-6-13(19-12)9-18-10-16-14(17-18)8-15-7-11(2)3/h5-6,10-11,15H,4,7-9H2,1-3H3. The lowest BCUT2D eigenvalue weighted by atomic mass is 10.2. The Labute approximate surface area is 118 Å². The third kappa shape index (κ3) is 4.44. The van der Waals surface area contributed by atoms with Crippen molar-refractivity contribution >= 4 is 11.3 Å². The van der Waals surface area contributed by atoms with Gasteiger partial charge in [0.25, 0.3) is 0 Å². The molecule has 2 aromatic heterocycles. The molecule has 104 valence electrons. The summed E-state index contributed by atoms with van der Waals surface area (Å²) < 4.78 is 1.91. The monoisotopic (exact) mass is 278 g/mol. The number of aryl methyl sites for hydroxylation is 1. The van der Waals surface area contributed by atoms with Crippen LogP contribution in [0.4, 0.5) is 0 Å². The number of rotatable bonds is 7. The van der Waals surface area contributed by atoms with Crippen LogP contribution in [0.3, 0.4) is 0 Å². The quantitative estimate of drug-likeness (QED) is 0.847. The summed E-state index contributed by atoms with van der Waals surface area (Å²) in [5, 5.41) is 7.84. The van der Waals surface area contributed by atoms with Gasteiger partial charge in [-0.1, -0.05) is 20.8 Å². The van der Waals surface area contributed by atoms with E-state index in [1.165, 1.54) is 9.75 Å². The van der Waals surface area contributed by atoms with Gasteiger partial charge in [0.05, 0.1) is 13.1 Å². The third-order valence-electron chi connectivity index (χ3n) is 2.80. The summed E-state index contributed by atoms with van der Waals surface area (Å²) in [4.78, 5) is 7.09. The van der Waals surface area contributed by atoms with E-state index in [2.05, 4.69) is 48.3 Å². The molecule has 2 heterocycles. The van der Waals surface area contributed by atoms with Crippen molar-refractivity contribution in [3.05, 3.63) is 34.0 Å². The van der Waals surface area contributed by atoms with E-state index in [1.807, 2.05) is 22.3 Å². The third-order valence-corrected chi connectivity index (χ3v) is 4.02. The van der Waals surface area contributed by atoms with Gasteiger partial charge in [0.1, 0.15) is 6.33 Å². The van der Waals surface area contributed by atoms with Gasteiger partial charge < -0.3 is 5.32 Å². The van der Waals surface area contributed by atoms with Gasteiger partial charge in [-0.2, -0.15) is 5.10 Å². The van der Waals surface area contributed by atoms with Gasteiger partial charge in [-0.15, -0.1) is 11.3 Å². The van der Waals surface area contributed by atoms with Crippen LogP contribution in [0.1, 0.15) is 36.3 Å². The number of hydrogen-bond donors (Lipinski definition) is 1. The lowest BCUT2D eigenvalue weighted by Gasteiger charge is -2.04. The molecule has 0 amide bonds. The molecule has 2 rings (SSSR count). The van der Waals surface area contributed by atoms with Crippen molar-refractivity contribution in [1.82, 2.24) is 20.1 Å². The lowest BCUT2D eigenvalue weighted by molar-refractivity contribution is 0.540. The van der Waals surface area contributed by atoms with E-state index in [0.717, 1.165) is 31.9 Å². The van der Waals surface area contributed by atoms with Crippen LogP contribution in [-0.2, 0) is 19.5 Å². The average Bonchev–Trinajstić information content (AvgIpc) is 2.99. The fourth-order valence-electron chi connectivity index (χ4n) is 1.82. The zero-order chi connectivity index (χ0) is 13.7. The highest BCUT2D eigenvalue weighted by Crippen LogP contribution is 2.17. The molecule has 0 aromatic carbocycles. The zero-order valence-electron chi connectivity index (χ0n) is 11.9. The summed E-state index contributed by atoms with van der Waals surface area (Å²) in [5.74, 6) is 1.52. The first-order valence-electron chi connectivity index (χ1n) is 6.84. The molecule has 0 aliphatic carbocycles. The summed E-state index contributed by atoms with van der Waals surface area (Å²) >= 11 is 1.85. The Balaban J connectivity index is 1.86. The maximum Gasteiger partial charge on any atom is 0.164 e. The van der Waals surface area contributed by atoms with E-state index in [0.29, 0.717) is 5.92 Å². The summed E-state index contributed by atoms with van der Waals surface area (Å²) in [6.07, 6.45) is 2.92. The summed E-state index contributed by atoms with van der Waals surface area (Å²) in [5.41, 5.74) is 0. The molecule has 0 fully saturated rings. The molecule has 1 N–H and O–H groups in total. The molecular weight excluding hydrogens is 256 g/mol. The zero-order valence-corrected chi connectivity index (χ0v) is 12.7. The first-order chi connectivity index (χ1) is 9.17. The highest BCUT2D eigenvalue weighted by Gasteiger charge is 2.04. The molecule has 0 atom stereocenters. The van der Waals surface area contributed by atoms with E-state index < -0.39 is 0 Å². The molecule has 0 saturated heterocycles. The Morgan fingerprint density at radius 1 is 1.32 bits per heavy atom. The Morgan fingerprint density at radius 3 is 2.79 bits per heavy atom. The Bertz CT molecular complexity index is 501. The van der Waals surface area contributed by atoms with Gasteiger partial charge in [0, 0.05) is 9.75 Å². The number of nitrogens with one attached hydrogen (secondary N) is 1. The maximum absolute atomic E-state index is 4.49. The van der Waals surface area contributed by atoms with Crippen molar-refractivity contribution in [2.45, 2.75) is 40.3 Å². The molecule has 0 spiro atoms. The van der Waals surface area contributed by atoms with Crippen LogP contribution in [-0.4, -0.2) is 21.3 Å². The van der Waals surface area contributed by atoms with Gasteiger partial charge in [0.2, 0.25) is 0 Å². The molecule has 0 radical (unpaired) electrons. The molecule has 0 aliphatic heterocycles. The van der Waals surface area contributed by atoms with Crippen LogP contribution in [0.2, 0.25) is 0 Å². The summed E-state index contributed by atoms with van der Waals surface area (Å²) in [6, 6.07) is 4.38. The number of nitrogens with zero attached hydrogens (tertiary/aromatic N) is 3.